The minimum absolute atomic E-state index is 0.0223. The van der Waals surface area contributed by atoms with Crippen LogP contribution in [0.2, 0.25) is 0 Å². The van der Waals surface area contributed by atoms with E-state index in [1.54, 1.807) is 11.3 Å². The zero-order valence-electron chi connectivity index (χ0n) is 15.0. The van der Waals surface area contributed by atoms with Crippen LogP contribution in [0.1, 0.15) is 42.5 Å². The van der Waals surface area contributed by atoms with Gasteiger partial charge in [-0.05, 0) is 48.4 Å². The number of hydrogen-bond donors (Lipinski definition) is 1. The second kappa shape index (κ2) is 7.70. The Morgan fingerprint density at radius 2 is 1.92 bits per heavy atom. The number of carbonyl (C=O) groups is 1. The Bertz CT molecular complexity index is 751. The van der Waals surface area contributed by atoms with Crippen LogP contribution < -0.4 is 14.8 Å². The summed E-state index contributed by atoms with van der Waals surface area (Å²) in [5.74, 6) is 1.80. The summed E-state index contributed by atoms with van der Waals surface area (Å²) >= 11 is 1.71. The van der Waals surface area contributed by atoms with Crippen LogP contribution in [0.15, 0.2) is 35.7 Å². The van der Waals surface area contributed by atoms with E-state index in [9.17, 15) is 4.79 Å². The molecule has 0 spiro atoms. The maximum Gasteiger partial charge on any atom is 0.220 e. The maximum absolute atomic E-state index is 12.4. The van der Waals surface area contributed by atoms with Crippen molar-refractivity contribution >= 4 is 17.2 Å². The second-order valence-corrected chi connectivity index (χ2v) is 8.23. The molecule has 1 fully saturated rings. The third-order valence-corrected chi connectivity index (χ3v) is 6.45. The molecule has 2 aliphatic rings. The fourth-order valence-corrected chi connectivity index (χ4v) is 4.75. The lowest BCUT2D eigenvalue weighted by atomic mass is 9.78. The number of aryl methyl sites for hydroxylation is 1. The van der Waals surface area contributed by atoms with Crippen molar-refractivity contribution in [1.82, 2.24) is 5.32 Å². The largest absolute Gasteiger partial charge is 0.486 e. The third-order valence-electron chi connectivity index (χ3n) is 5.52. The van der Waals surface area contributed by atoms with Gasteiger partial charge in [0.1, 0.15) is 13.2 Å². The zero-order valence-corrected chi connectivity index (χ0v) is 15.8. The van der Waals surface area contributed by atoms with Gasteiger partial charge in [0.2, 0.25) is 5.91 Å². The van der Waals surface area contributed by atoms with Gasteiger partial charge in [-0.1, -0.05) is 25.0 Å². The molecule has 26 heavy (non-hydrogen) atoms. The summed E-state index contributed by atoms with van der Waals surface area (Å²) in [7, 11) is 0. The van der Waals surface area contributed by atoms with Gasteiger partial charge >= 0.3 is 0 Å². The molecule has 138 valence electrons. The first kappa shape index (κ1) is 17.4. The first-order valence-electron chi connectivity index (χ1n) is 9.44. The number of benzene rings is 1. The predicted molar refractivity (Wildman–Crippen MR) is 103 cm³/mol. The molecule has 1 N–H and O–H groups in total. The maximum atomic E-state index is 12.4. The molecule has 5 heteroatoms. The fraction of sp³-hybridized carbons (Fsp3) is 0.476. The van der Waals surface area contributed by atoms with Gasteiger partial charge < -0.3 is 14.8 Å². The number of amides is 1. The minimum Gasteiger partial charge on any atom is -0.486 e. The van der Waals surface area contributed by atoms with E-state index in [1.807, 2.05) is 12.1 Å². The minimum atomic E-state index is 0.0223. The number of thiophene rings is 1. The van der Waals surface area contributed by atoms with E-state index in [-0.39, 0.29) is 11.3 Å². The van der Waals surface area contributed by atoms with Crippen molar-refractivity contribution in [3.63, 3.8) is 0 Å². The molecule has 4 rings (SSSR count). The van der Waals surface area contributed by atoms with Crippen molar-refractivity contribution in [3.05, 3.63) is 46.2 Å². The first-order valence-corrected chi connectivity index (χ1v) is 10.3. The van der Waals surface area contributed by atoms with Crippen molar-refractivity contribution in [3.8, 4) is 11.5 Å². The van der Waals surface area contributed by atoms with Gasteiger partial charge in [-0.2, -0.15) is 0 Å². The zero-order chi connectivity index (χ0) is 17.8. The van der Waals surface area contributed by atoms with Crippen LogP contribution in [0.4, 0.5) is 0 Å². The van der Waals surface area contributed by atoms with Crippen LogP contribution in [-0.2, 0) is 16.6 Å². The van der Waals surface area contributed by atoms with E-state index < -0.39 is 0 Å². The van der Waals surface area contributed by atoms with Crippen LogP contribution in [0.25, 0.3) is 0 Å². The SMILES string of the molecule is O=C(CCc1cccs1)NCC1(c2ccc3c(c2)OCCO3)CCCC1. The molecular formula is C21H25NO3S. The lowest BCUT2D eigenvalue weighted by Crippen LogP contribution is -2.39. The Hall–Kier alpha value is -2.01. The highest BCUT2D eigenvalue weighted by molar-refractivity contribution is 7.09. The molecule has 0 saturated heterocycles. The highest BCUT2D eigenvalue weighted by atomic mass is 32.1. The molecule has 1 aromatic heterocycles. The van der Waals surface area contributed by atoms with Crippen molar-refractivity contribution in [2.24, 2.45) is 0 Å². The van der Waals surface area contributed by atoms with Gasteiger partial charge in [0.05, 0.1) is 0 Å². The highest BCUT2D eigenvalue weighted by Gasteiger charge is 2.36. The number of rotatable bonds is 6. The van der Waals surface area contributed by atoms with E-state index in [2.05, 4.69) is 28.9 Å². The first-order chi connectivity index (χ1) is 12.8. The molecule has 2 aromatic rings. The molecule has 1 amide bonds. The van der Waals surface area contributed by atoms with E-state index in [4.69, 9.17) is 9.47 Å². The van der Waals surface area contributed by atoms with Gasteiger partial charge in [0.15, 0.2) is 11.5 Å². The van der Waals surface area contributed by atoms with Gasteiger partial charge in [-0.25, -0.2) is 0 Å². The lowest BCUT2D eigenvalue weighted by molar-refractivity contribution is -0.121. The molecule has 1 aliphatic heterocycles. The number of ether oxygens (including phenoxy) is 2. The molecule has 1 saturated carbocycles. The van der Waals surface area contributed by atoms with E-state index >= 15 is 0 Å². The predicted octanol–water partition coefficient (Wildman–Crippen LogP) is 4.08. The van der Waals surface area contributed by atoms with Gasteiger partial charge in [-0.15, -0.1) is 11.3 Å². The van der Waals surface area contributed by atoms with Gasteiger partial charge in [0.25, 0.3) is 0 Å². The molecule has 0 atom stereocenters. The summed E-state index contributed by atoms with van der Waals surface area (Å²) in [5.41, 5.74) is 1.28. The summed E-state index contributed by atoms with van der Waals surface area (Å²) in [5, 5.41) is 5.26. The third kappa shape index (κ3) is 3.73. The van der Waals surface area contributed by atoms with E-state index in [0.29, 0.717) is 26.2 Å². The monoisotopic (exact) mass is 371 g/mol. The van der Waals surface area contributed by atoms with Crippen molar-refractivity contribution in [2.75, 3.05) is 19.8 Å². The molecule has 1 aliphatic carbocycles. The summed E-state index contributed by atoms with van der Waals surface area (Å²) in [6.45, 7) is 1.91. The summed E-state index contributed by atoms with van der Waals surface area (Å²) in [6.07, 6.45) is 6.01. The Morgan fingerprint density at radius 1 is 1.12 bits per heavy atom. The van der Waals surface area contributed by atoms with Crippen molar-refractivity contribution in [2.45, 2.75) is 43.9 Å². The van der Waals surface area contributed by atoms with Gasteiger partial charge in [-0.3, -0.25) is 4.79 Å². The van der Waals surface area contributed by atoms with Crippen LogP contribution in [0, 0.1) is 0 Å². The van der Waals surface area contributed by atoms with Crippen LogP contribution >= 0.6 is 11.3 Å². The van der Waals surface area contributed by atoms with Crippen LogP contribution in [-0.4, -0.2) is 25.7 Å². The summed E-state index contributed by atoms with van der Waals surface area (Å²) in [6, 6.07) is 10.4. The topological polar surface area (TPSA) is 47.6 Å². The van der Waals surface area contributed by atoms with E-state index in [0.717, 1.165) is 30.8 Å². The normalized spacial score (nSPS) is 17.8. The van der Waals surface area contributed by atoms with Crippen LogP contribution in [0.3, 0.4) is 0 Å². The number of fused-ring (bicyclic) bond motifs is 1. The average Bonchev–Trinajstić information content (AvgIpc) is 3.37. The molecule has 0 bridgehead atoms. The quantitative estimate of drug-likeness (QED) is 0.832. The highest BCUT2D eigenvalue weighted by Crippen LogP contribution is 2.43. The molecule has 1 aromatic carbocycles. The Morgan fingerprint density at radius 3 is 2.69 bits per heavy atom. The lowest BCUT2D eigenvalue weighted by Gasteiger charge is -2.31. The summed E-state index contributed by atoms with van der Waals surface area (Å²) < 4.78 is 11.4. The smallest absolute Gasteiger partial charge is 0.220 e. The van der Waals surface area contributed by atoms with Crippen molar-refractivity contribution in [1.29, 1.82) is 0 Å². The second-order valence-electron chi connectivity index (χ2n) is 7.20. The van der Waals surface area contributed by atoms with Crippen molar-refractivity contribution < 1.29 is 14.3 Å². The van der Waals surface area contributed by atoms with Gasteiger partial charge in [0, 0.05) is 23.3 Å². The molecule has 0 unspecified atom stereocenters. The fourth-order valence-electron chi connectivity index (χ4n) is 4.04. The molecule has 4 nitrogen and oxygen atoms in total. The average molecular weight is 372 g/mol. The Kier molecular flexibility index (Phi) is 5.16. The van der Waals surface area contributed by atoms with E-state index in [1.165, 1.54) is 23.3 Å². The molecular weight excluding hydrogens is 346 g/mol. The van der Waals surface area contributed by atoms with Crippen LogP contribution in [0.5, 0.6) is 11.5 Å². The molecule has 2 heterocycles. The number of carbonyl (C=O) groups excluding carboxylic acids is 1. The Balaban J connectivity index is 1.42. The number of hydrogen-bond acceptors (Lipinski definition) is 4. The Labute approximate surface area is 158 Å². The number of nitrogens with one attached hydrogen (secondary N) is 1. The molecule has 0 radical (unpaired) electrons. The summed E-state index contributed by atoms with van der Waals surface area (Å²) in [4.78, 5) is 13.6. The standard InChI is InChI=1S/C21H25NO3S/c23-20(8-6-17-4-3-13-26-17)22-15-21(9-1-2-10-21)16-5-7-18-19(14-16)25-12-11-24-18/h3-5,7,13-14H,1-2,6,8-12,15H2,(H,22,23).